The van der Waals surface area contributed by atoms with Crippen molar-refractivity contribution in [3.05, 3.63) is 157 Å². The number of benzene rings is 7. The van der Waals surface area contributed by atoms with Gasteiger partial charge in [-0.05, 0) is 60.2 Å². The molecule has 3 heterocycles. The van der Waals surface area contributed by atoms with Crippen LogP contribution in [0.15, 0.2) is 146 Å². The maximum Gasteiger partial charge on any atom is 0.101 e. The van der Waals surface area contributed by atoms with Gasteiger partial charge in [0.05, 0.1) is 45.0 Å². The number of para-hydroxylation sites is 3. The van der Waals surface area contributed by atoms with Crippen molar-refractivity contribution in [2.75, 3.05) is 0 Å². The first-order chi connectivity index (χ1) is 24.2. The van der Waals surface area contributed by atoms with Crippen LogP contribution in [-0.2, 0) is 0 Å². The summed E-state index contributed by atoms with van der Waals surface area (Å²) in [7, 11) is 0. The topological polar surface area (TPSA) is 57.4 Å². The molecule has 49 heavy (non-hydrogen) atoms. The third-order valence-electron chi connectivity index (χ3n) is 9.76. The first kappa shape index (κ1) is 27.5. The molecule has 10 aromatic rings. The smallest absolute Gasteiger partial charge is 0.101 e. The van der Waals surface area contributed by atoms with Gasteiger partial charge >= 0.3 is 0 Å². The van der Waals surface area contributed by atoms with Gasteiger partial charge in [-0.2, -0.15) is 10.5 Å². The second kappa shape index (κ2) is 10.4. The van der Waals surface area contributed by atoms with Gasteiger partial charge in [-0.15, -0.1) is 11.3 Å². The Morgan fingerprint density at radius 1 is 0.490 bits per heavy atom. The molecule has 0 amide bonds. The van der Waals surface area contributed by atoms with Crippen molar-refractivity contribution in [2.24, 2.45) is 0 Å². The highest BCUT2D eigenvalue weighted by molar-refractivity contribution is 7.26. The van der Waals surface area contributed by atoms with Gasteiger partial charge < -0.3 is 9.13 Å². The molecule has 0 aliphatic carbocycles. The lowest BCUT2D eigenvalue weighted by Crippen LogP contribution is -2.02. The summed E-state index contributed by atoms with van der Waals surface area (Å²) in [6.45, 7) is 0. The summed E-state index contributed by atoms with van der Waals surface area (Å²) in [6, 6.07) is 55.2. The highest BCUT2D eigenvalue weighted by atomic mass is 32.1. The van der Waals surface area contributed by atoms with Gasteiger partial charge in [-0.3, -0.25) is 0 Å². The van der Waals surface area contributed by atoms with E-state index < -0.39 is 0 Å². The van der Waals surface area contributed by atoms with E-state index >= 15 is 0 Å². The zero-order valence-electron chi connectivity index (χ0n) is 26.1. The molecule has 0 saturated heterocycles. The van der Waals surface area contributed by atoms with Crippen LogP contribution < -0.4 is 0 Å². The van der Waals surface area contributed by atoms with Gasteiger partial charge in [0.1, 0.15) is 6.07 Å². The van der Waals surface area contributed by atoms with Gasteiger partial charge in [0, 0.05) is 53.0 Å². The number of thiophene rings is 1. The van der Waals surface area contributed by atoms with E-state index in [9.17, 15) is 10.5 Å². The lowest BCUT2D eigenvalue weighted by Gasteiger charge is -2.17. The highest BCUT2D eigenvalue weighted by Crippen LogP contribution is 2.44. The van der Waals surface area contributed by atoms with E-state index in [2.05, 4.69) is 130 Å². The molecule has 0 aliphatic rings. The fourth-order valence-corrected chi connectivity index (χ4v) is 8.99. The molecule has 0 spiro atoms. The number of hydrogen-bond acceptors (Lipinski definition) is 3. The van der Waals surface area contributed by atoms with Gasteiger partial charge in [-0.25, -0.2) is 0 Å². The Kier molecular flexibility index (Phi) is 5.84. The molecule has 4 nitrogen and oxygen atoms in total. The maximum atomic E-state index is 10.6. The van der Waals surface area contributed by atoms with Crippen LogP contribution in [0.4, 0.5) is 0 Å². The van der Waals surface area contributed by atoms with E-state index in [0.29, 0.717) is 11.1 Å². The zero-order chi connectivity index (χ0) is 32.6. The SMILES string of the molecule is N#Cc1cc(C#N)c(-n2c3ccccc3c3ccccc32)c(-c2cccc(-n3c4ccccc4c4c5sc6ccccc6c5ccc43)c2)c1. The number of nitrogens with zero attached hydrogens (tertiary/aromatic N) is 4. The van der Waals surface area contributed by atoms with E-state index in [4.69, 9.17) is 0 Å². The lowest BCUT2D eigenvalue weighted by atomic mass is 9.96. The normalized spacial score (nSPS) is 11.6. The third kappa shape index (κ3) is 3.88. The number of rotatable bonds is 3. The van der Waals surface area contributed by atoms with Crippen molar-refractivity contribution in [1.82, 2.24) is 9.13 Å². The van der Waals surface area contributed by atoms with Gasteiger partial charge in [0.15, 0.2) is 0 Å². The molecule has 0 fully saturated rings. The molecule has 0 bridgehead atoms. The summed E-state index contributed by atoms with van der Waals surface area (Å²) in [5.41, 5.74) is 8.74. The van der Waals surface area contributed by atoms with Crippen LogP contribution in [0, 0.1) is 22.7 Å². The summed E-state index contributed by atoms with van der Waals surface area (Å²) in [5.74, 6) is 0. The Bertz CT molecular complexity index is 3030. The van der Waals surface area contributed by atoms with Crippen molar-refractivity contribution in [1.29, 1.82) is 10.5 Å². The first-order valence-electron chi connectivity index (χ1n) is 16.1. The molecule has 0 aliphatic heterocycles. The second-order valence-corrected chi connectivity index (χ2v) is 13.4. The molecule has 10 rings (SSSR count). The summed E-state index contributed by atoms with van der Waals surface area (Å²) in [6.07, 6.45) is 0. The Morgan fingerprint density at radius 3 is 1.86 bits per heavy atom. The van der Waals surface area contributed by atoms with E-state index in [1.54, 1.807) is 6.07 Å². The van der Waals surface area contributed by atoms with Crippen LogP contribution in [0.1, 0.15) is 11.1 Å². The predicted octanol–water partition coefficient (Wildman–Crippen LogP) is 11.7. The lowest BCUT2D eigenvalue weighted by molar-refractivity contribution is 1.16. The van der Waals surface area contributed by atoms with E-state index in [0.717, 1.165) is 55.3 Å². The van der Waals surface area contributed by atoms with Gasteiger partial charge in [0.25, 0.3) is 0 Å². The Balaban J connectivity index is 1.28. The van der Waals surface area contributed by atoms with Crippen LogP contribution in [-0.4, -0.2) is 9.13 Å². The summed E-state index contributed by atoms with van der Waals surface area (Å²) in [5, 5.41) is 27.9. The Morgan fingerprint density at radius 2 is 1.14 bits per heavy atom. The molecule has 5 heteroatoms. The molecule has 0 radical (unpaired) electrons. The fourth-order valence-electron chi connectivity index (χ4n) is 7.73. The molecule has 226 valence electrons. The van der Waals surface area contributed by atoms with Crippen LogP contribution in [0.2, 0.25) is 0 Å². The van der Waals surface area contributed by atoms with Crippen LogP contribution in [0.25, 0.3) is 86.3 Å². The van der Waals surface area contributed by atoms with Crippen molar-refractivity contribution < 1.29 is 0 Å². The van der Waals surface area contributed by atoms with Crippen LogP contribution in [0.5, 0.6) is 0 Å². The molecule has 3 aromatic heterocycles. The molecule has 0 unspecified atom stereocenters. The van der Waals surface area contributed by atoms with E-state index in [1.807, 2.05) is 41.7 Å². The quantitative estimate of drug-likeness (QED) is 0.193. The maximum absolute atomic E-state index is 10.6. The molecule has 0 N–H and O–H groups in total. The largest absolute Gasteiger partial charge is 0.309 e. The Labute approximate surface area is 285 Å². The monoisotopic (exact) mass is 640 g/mol. The number of nitriles is 2. The highest BCUT2D eigenvalue weighted by Gasteiger charge is 2.22. The minimum atomic E-state index is 0.450. The molecule has 7 aromatic carbocycles. The summed E-state index contributed by atoms with van der Waals surface area (Å²) >= 11 is 1.85. The summed E-state index contributed by atoms with van der Waals surface area (Å²) < 4.78 is 7.11. The van der Waals surface area contributed by atoms with Crippen molar-refractivity contribution >= 4 is 75.1 Å². The number of aromatic nitrogens is 2. The van der Waals surface area contributed by atoms with Crippen LogP contribution in [0.3, 0.4) is 0 Å². The predicted molar refractivity (Wildman–Crippen MR) is 203 cm³/mol. The molecular weight excluding hydrogens is 617 g/mol. The third-order valence-corrected chi connectivity index (χ3v) is 11.0. The van der Waals surface area contributed by atoms with Crippen LogP contribution >= 0.6 is 11.3 Å². The standard InChI is InChI=1S/C44H24N4S/c45-25-27-22-29(26-46)43(48-37-16-5-1-12-31(37)32-13-2-6-17-38(32)48)36(23-27)28-10-9-11-30(24-28)47-39-18-7-3-15-35(39)42-40(47)21-20-34-33-14-4-8-19-41(33)49-44(34)42/h1-24H. The number of hydrogen-bond donors (Lipinski definition) is 0. The fraction of sp³-hybridized carbons (Fsp3) is 0. The second-order valence-electron chi connectivity index (χ2n) is 12.4. The first-order valence-corrected chi connectivity index (χ1v) is 17.0. The molecular formula is C44H24N4S. The van der Waals surface area contributed by atoms with Gasteiger partial charge in [-0.1, -0.05) is 91.0 Å². The zero-order valence-corrected chi connectivity index (χ0v) is 26.9. The van der Waals surface area contributed by atoms with E-state index in [1.165, 1.54) is 30.9 Å². The van der Waals surface area contributed by atoms with Crippen molar-refractivity contribution in [3.63, 3.8) is 0 Å². The minimum Gasteiger partial charge on any atom is -0.309 e. The van der Waals surface area contributed by atoms with E-state index in [-0.39, 0.29) is 0 Å². The van der Waals surface area contributed by atoms with Crippen molar-refractivity contribution in [3.8, 4) is 34.6 Å². The van der Waals surface area contributed by atoms with Crippen molar-refractivity contribution in [2.45, 2.75) is 0 Å². The average molecular weight is 641 g/mol. The Hall–Kier alpha value is -6.66. The molecule has 0 saturated carbocycles. The number of fused-ring (bicyclic) bond motifs is 10. The average Bonchev–Trinajstić information content (AvgIpc) is 3.82. The minimum absolute atomic E-state index is 0.450. The molecule has 0 atom stereocenters. The summed E-state index contributed by atoms with van der Waals surface area (Å²) in [4.78, 5) is 0. The van der Waals surface area contributed by atoms with Gasteiger partial charge in [0.2, 0.25) is 0 Å².